The van der Waals surface area contributed by atoms with Crippen LogP contribution in [0.3, 0.4) is 0 Å². The lowest BCUT2D eigenvalue weighted by Crippen LogP contribution is -2.51. The number of amides is 1. The monoisotopic (exact) mass is 566 g/mol. The van der Waals surface area contributed by atoms with Gasteiger partial charge in [-0.3, -0.25) is 4.79 Å². The van der Waals surface area contributed by atoms with Gasteiger partial charge in [0, 0.05) is 18.7 Å². The van der Waals surface area contributed by atoms with Crippen LogP contribution in [0.2, 0.25) is 0 Å². The minimum atomic E-state index is -3.97. The molecule has 0 saturated carbocycles. The molecule has 10 heteroatoms. The van der Waals surface area contributed by atoms with Crippen molar-refractivity contribution in [3.63, 3.8) is 0 Å². The normalized spacial score (nSPS) is 13.6. The highest BCUT2D eigenvalue weighted by molar-refractivity contribution is 7.89. The molecule has 3 aromatic carbocycles. The van der Waals surface area contributed by atoms with E-state index in [1.165, 1.54) is 21.7 Å². The van der Waals surface area contributed by atoms with Gasteiger partial charge in [0.05, 0.1) is 27.3 Å². The number of hydrogen-bond donors (Lipinski definition) is 3. The highest BCUT2D eigenvalue weighted by atomic mass is 32.2. The number of aromatic nitrogens is 1. The second-order valence-electron chi connectivity index (χ2n) is 10.0. The Morgan fingerprint density at radius 3 is 2.44 bits per heavy atom. The Morgan fingerprint density at radius 1 is 1.05 bits per heavy atom. The van der Waals surface area contributed by atoms with E-state index in [1.54, 1.807) is 24.3 Å². The number of thiazole rings is 1. The molecule has 0 fully saturated rings. The fraction of sp³-hybridized carbons (Fsp3) is 0.310. The molecule has 1 heterocycles. The molecule has 0 saturated heterocycles. The number of nitrogens with two attached hydrogens (primary N) is 1. The first-order chi connectivity index (χ1) is 18.5. The van der Waals surface area contributed by atoms with Gasteiger partial charge < -0.3 is 16.2 Å². The molecule has 1 aromatic heterocycles. The molecular weight excluding hydrogens is 532 g/mol. The van der Waals surface area contributed by atoms with Gasteiger partial charge in [0.15, 0.2) is 5.13 Å². The fourth-order valence-corrected chi connectivity index (χ4v) is 6.97. The van der Waals surface area contributed by atoms with Gasteiger partial charge in [0.2, 0.25) is 10.0 Å². The molecule has 4 aromatic rings. The molecule has 8 nitrogen and oxygen atoms in total. The summed E-state index contributed by atoms with van der Waals surface area (Å²) < 4.78 is 29.6. The minimum absolute atomic E-state index is 0.00360. The van der Waals surface area contributed by atoms with Crippen LogP contribution in [0, 0.1) is 12.8 Å². The summed E-state index contributed by atoms with van der Waals surface area (Å²) in [5.74, 6) is -0.316. The first-order valence-corrected chi connectivity index (χ1v) is 15.0. The molecule has 0 radical (unpaired) electrons. The largest absolute Gasteiger partial charge is 0.390 e. The third-order valence-electron chi connectivity index (χ3n) is 6.44. The zero-order valence-corrected chi connectivity index (χ0v) is 23.9. The quantitative estimate of drug-likeness (QED) is 0.249. The smallest absolute Gasteiger partial charge is 0.251 e. The van der Waals surface area contributed by atoms with E-state index in [-0.39, 0.29) is 29.8 Å². The number of fused-ring (bicyclic) bond motifs is 1. The van der Waals surface area contributed by atoms with Crippen molar-refractivity contribution in [3.8, 4) is 0 Å². The lowest BCUT2D eigenvalue weighted by Gasteiger charge is -2.31. The van der Waals surface area contributed by atoms with E-state index in [0.717, 1.165) is 11.1 Å². The van der Waals surface area contributed by atoms with E-state index in [9.17, 15) is 18.3 Å². The van der Waals surface area contributed by atoms with Crippen LogP contribution >= 0.6 is 11.3 Å². The average Bonchev–Trinajstić information content (AvgIpc) is 3.27. The highest BCUT2D eigenvalue weighted by Crippen LogP contribution is 2.28. The van der Waals surface area contributed by atoms with Crippen LogP contribution in [-0.2, 0) is 16.4 Å². The van der Waals surface area contributed by atoms with Crippen molar-refractivity contribution in [1.29, 1.82) is 0 Å². The van der Waals surface area contributed by atoms with Gasteiger partial charge in [-0.25, -0.2) is 13.4 Å². The van der Waals surface area contributed by atoms with Crippen molar-refractivity contribution in [2.24, 2.45) is 5.92 Å². The number of nitrogens with zero attached hydrogens (tertiary/aromatic N) is 2. The summed E-state index contributed by atoms with van der Waals surface area (Å²) in [6.45, 7) is 5.70. The van der Waals surface area contributed by atoms with Crippen LogP contribution in [0.1, 0.15) is 35.3 Å². The third-order valence-corrected chi connectivity index (χ3v) is 9.12. The predicted molar refractivity (Wildman–Crippen MR) is 156 cm³/mol. The number of nitrogen functional groups attached to an aromatic ring is 1. The molecule has 0 aliphatic rings. The van der Waals surface area contributed by atoms with Crippen molar-refractivity contribution >= 4 is 42.6 Å². The molecule has 4 N–H and O–H groups in total. The van der Waals surface area contributed by atoms with E-state index < -0.39 is 22.2 Å². The number of carbonyl (C=O) groups is 1. The zero-order chi connectivity index (χ0) is 28.2. The van der Waals surface area contributed by atoms with Crippen LogP contribution in [0.5, 0.6) is 0 Å². The molecule has 0 aliphatic heterocycles. The Kier molecular flexibility index (Phi) is 9.01. The topological polar surface area (TPSA) is 126 Å². The van der Waals surface area contributed by atoms with Crippen molar-refractivity contribution in [3.05, 3.63) is 89.5 Å². The number of benzene rings is 3. The molecule has 0 bridgehead atoms. The summed E-state index contributed by atoms with van der Waals surface area (Å²) in [6, 6.07) is 20.7. The van der Waals surface area contributed by atoms with Gasteiger partial charge in [-0.2, -0.15) is 4.31 Å². The van der Waals surface area contributed by atoms with Gasteiger partial charge in [-0.05, 0) is 54.7 Å². The molecule has 1 amide bonds. The lowest BCUT2D eigenvalue weighted by molar-refractivity contribution is 0.0775. The van der Waals surface area contributed by atoms with Crippen molar-refractivity contribution in [2.75, 3.05) is 18.8 Å². The standard InChI is InChI=1S/C29H34N4O4S2/c1-19(2)17-33(39(36,37)22-13-14-24-27(16-22)38-29(30)32-24)18-26(34)25(15-21-10-5-4-6-11-21)31-28(35)23-12-8-7-9-20(23)3/h4-14,16,19,25-26,34H,15,17-18H2,1-3H3,(H2,30,32)(H,31,35)/t25-,26-/m0/s1. The number of hydrogen-bond acceptors (Lipinski definition) is 7. The van der Waals surface area contributed by atoms with Crippen LogP contribution in [-0.4, -0.2) is 54.0 Å². The number of aliphatic hydroxyl groups is 1. The van der Waals surface area contributed by atoms with E-state index in [1.807, 2.05) is 63.2 Å². The summed E-state index contributed by atoms with van der Waals surface area (Å²) in [6.07, 6.45) is -0.837. The minimum Gasteiger partial charge on any atom is -0.390 e. The van der Waals surface area contributed by atoms with Crippen LogP contribution in [0.4, 0.5) is 5.13 Å². The number of aryl methyl sites for hydroxylation is 1. The van der Waals surface area contributed by atoms with Gasteiger partial charge in [-0.15, -0.1) is 0 Å². The molecule has 206 valence electrons. The maximum Gasteiger partial charge on any atom is 0.251 e. The van der Waals surface area contributed by atoms with E-state index in [2.05, 4.69) is 10.3 Å². The number of anilines is 1. The number of carbonyl (C=O) groups excluding carboxylic acids is 1. The first kappa shape index (κ1) is 28.7. The second kappa shape index (κ2) is 12.3. The third kappa shape index (κ3) is 7.02. The Hall–Kier alpha value is -3.31. The first-order valence-electron chi connectivity index (χ1n) is 12.8. The summed E-state index contributed by atoms with van der Waals surface area (Å²) in [5, 5.41) is 14.8. The average molecular weight is 567 g/mol. The number of rotatable bonds is 11. The zero-order valence-electron chi connectivity index (χ0n) is 22.2. The Bertz CT molecular complexity index is 1540. The summed E-state index contributed by atoms with van der Waals surface area (Å²) in [5.41, 5.74) is 8.67. The van der Waals surface area contributed by atoms with Crippen LogP contribution in [0.15, 0.2) is 77.7 Å². The Labute approximate surface area is 233 Å². The van der Waals surface area contributed by atoms with Crippen molar-refractivity contribution in [1.82, 2.24) is 14.6 Å². The van der Waals surface area contributed by atoms with E-state index in [4.69, 9.17) is 5.73 Å². The molecule has 2 atom stereocenters. The lowest BCUT2D eigenvalue weighted by atomic mass is 9.99. The van der Waals surface area contributed by atoms with Gasteiger partial charge >= 0.3 is 0 Å². The number of nitrogens with one attached hydrogen (secondary N) is 1. The van der Waals surface area contributed by atoms with Crippen molar-refractivity contribution in [2.45, 2.75) is 44.2 Å². The number of aliphatic hydroxyl groups excluding tert-OH is 1. The van der Waals surface area contributed by atoms with Crippen LogP contribution < -0.4 is 11.1 Å². The maximum absolute atomic E-state index is 13.8. The van der Waals surface area contributed by atoms with Crippen molar-refractivity contribution < 1.29 is 18.3 Å². The molecule has 0 spiro atoms. The summed E-state index contributed by atoms with van der Waals surface area (Å²) in [7, 11) is -3.97. The Morgan fingerprint density at radius 2 is 1.74 bits per heavy atom. The van der Waals surface area contributed by atoms with Crippen LogP contribution in [0.25, 0.3) is 10.2 Å². The molecule has 0 unspecified atom stereocenters. The molecule has 39 heavy (non-hydrogen) atoms. The molecule has 4 rings (SSSR count). The molecular formula is C29H34N4O4S2. The SMILES string of the molecule is Cc1ccccc1C(=O)N[C@@H](Cc1ccccc1)[C@@H](O)CN(CC(C)C)S(=O)(=O)c1ccc2nc(N)sc2c1. The van der Waals surface area contributed by atoms with E-state index >= 15 is 0 Å². The second-order valence-corrected chi connectivity index (χ2v) is 13.0. The van der Waals surface area contributed by atoms with E-state index in [0.29, 0.717) is 27.3 Å². The van der Waals surface area contributed by atoms with Gasteiger partial charge in [0.25, 0.3) is 5.91 Å². The summed E-state index contributed by atoms with van der Waals surface area (Å²) >= 11 is 1.22. The summed E-state index contributed by atoms with van der Waals surface area (Å²) in [4.78, 5) is 17.5. The maximum atomic E-state index is 13.8. The van der Waals surface area contributed by atoms with Gasteiger partial charge in [-0.1, -0.05) is 73.7 Å². The van der Waals surface area contributed by atoms with Gasteiger partial charge in [0.1, 0.15) is 0 Å². The number of sulfonamides is 1. The Balaban J connectivity index is 1.63. The fourth-order valence-electron chi connectivity index (χ4n) is 4.47. The highest BCUT2D eigenvalue weighted by Gasteiger charge is 2.32. The predicted octanol–water partition coefficient (Wildman–Crippen LogP) is 4.24. The molecule has 0 aliphatic carbocycles.